The van der Waals surface area contributed by atoms with Crippen LogP contribution in [0, 0.1) is 0 Å². The molecule has 1 N–H and O–H groups in total. The fourth-order valence-electron chi connectivity index (χ4n) is 4.61. The van der Waals surface area contributed by atoms with E-state index in [4.69, 9.17) is 0 Å². The highest BCUT2D eigenvalue weighted by molar-refractivity contribution is 7.91. The van der Waals surface area contributed by atoms with Gasteiger partial charge in [0.05, 0.1) is 6.04 Å². The maximum Gasteiger partial charge on any atom is 0.421 e. The van der Waals surface area contributed by atoms with Crippen LogP contribution >= 0.6 is 11.3 Å². The zero-order valence-corrected chi connectivity index (χ0v) is 21.5. The van der Waals surface area contributed by atoms with Crippen LogP contribution in [0.1, 0.15) is 12.5 Å². The monoisotopic (exact) mass is 550 g/mol. The number of aromatic nitrogens is 2. The first-order valence-electron chi connectivity index (χ1n) is 11.6. The predicted molar refractivity (Wildman–Crippen MR) is 136 cm³/mol. The van der Waals surface area contributed by atoms with E-state index < -0.39 is 21.8 Å². The highest BCUT2D eigenvalue weighted by Gasteiger charge is 2.51. The number of hydrogen-bond donors (Lipinski definition) is 1. The van der Waals surface area contributed by atoms with E-state index in [0.29, 0.717) is 18.8 Å². The van der Waals surface area contributed by atoms with Crippen molar-refractivity contribution in [2.45, 2.75) is 35.5 Å². The summed E-state index contributed by atoms with van der Waals surface area (Å²) in [6.45, 7) is 1.90. The van der Waals surface area contributed by atoms with Crippen LogP contribution in [0.25, 0.3) is 11.0 Å². The molecule has 1 aliphatic rings. The lowest BCUT2D eigenvalue weighted by Crippen LogP contribution is -2.56. The zero-order chi connectivity index (χ0) is 26.4. The van der Waals surface area contributed by atoms with E-state index in [1.807, 2.05) is 33.9 Å². The molecule has 196 valence electrons. The molecule has 0 radical (unpaired) electrons. The molecular formula is C25H25F3N4O3S2. The van der Waals surface area contributed by atoms with Gasteiger partial charge in [-0.05, 0) is 54.3 Å². The highest BCUT2D eigenvalue weighted by Crippen LogP contribution is 2.39. The average Bonchev–Trinajstić information content (AvgIpc) is 3.55. The largest absolute Gasteiger partial charge is 0.421 e. The van der Waals surface area contributed by atoms with Gasteiger partial charge in [-0.2, -0.15) is 17.5 Å². The van der Waals surface area contributed by atoms with Gasteiger partial charge >= 0.3 is 6.18 Å². The Hall–Kier alpha value is -2.93. The first kappa shape index (κ1) is 25.7. The molecule has 0 bridgehead atoms. The number of piperazine rings is 1. The van der Waals surface area contributed by atoms with Crippen molar-refractivity contribution in [2.24, 2.45) is 0 Å². The average molecular weight is 551 g/mol. The number of aliphatic hydroxyl groups is 1. The van der Waals surface area contributed by atoms with E-state index in [1.165, 1.54) is 28.6 Å². The van der Waals surface area contributed by atoms with Gasteiger partial charge in [0.2, 0.25) is 0 Å². The molecule has 7 nitrogen and oxygen atoms in total. The van der Waals surface area contributed by atoms with Gasteiger partial charge in [-0.1, -0.05) is 18.2 Å². The quantitative estimate of drug-likeness (QED) is 0.384. The van der Waals surface area contributed by atoms with Crippen LogP contribution in [0.15, 0.2) is 76.6 Å². The molecule has 37 heavy (non-hydrogen) atoms. The van der Waals surface area contributed by atoms with E-state index >= 15 is 0 Å². The van der Waals surface area contributed by atoms with Crippen molar-refractivity contribution < 1.29 is 26.7 Å². The minimum Gasteiger partial charge on any atom is -0.376 e. The number of sulfonamides is 1. The molecule has 1 fully saturated rings. The van der Waals surface area contributed by atoms with Gasteiger partial charge in [-0.15, -0.1) is 11.3 Å². The Morgan fingerprint density at radius 3 is 2.51 bits per heavy atom. The minimum atomic E-state index is -4.82. The molecular weight excluding hydrogens is 525 g/mol. The number of hydrogen-bond acceptors (Lipinski definition) is 6. The fourth-order valence-corrected chi connectivity index (χ4v) is 7.23. The zero-order valence-electron chi connectivity index (χ0n) is 19.8. The van der Waals surface area contributed by atoms with Gasteiger partial charge in [-0.3, -0.25) is 0 Å². The summed E-state index contributed by atoms with van der Waals surface area (Å²) in [4.78, 5) is 6.46. The Balaban J connectivity index is 1.47. The van der Waals surface area contributed by atoms with E-state index in [9.17, 15) is 26.7 Å². The third kappa shape index (κ3) is 4.74. The maximum absolute atomic E-state index is 13.3. The van der Waals surface area contributed by atoms with Crippen molar-refractivity contribution >= 4 is 38.1 Å². The number of thiophene rings is 1. The standard InChI is InChI=1S/C25H25F3N4O3S2/c1-24(33,25(26,27)28)19-6-8-20(9-7-19)32-14-13-31(37(34,35)22-5-3-15-36-22)17-21(32)16-30-12-10-18-4-2-11-29-23(18)30/h2-12,15,21,33H,13-14,16-17H2,1H3/t21-,24-/m0/s1. The number of pyridine rings is 1. The van der Waals surface area contributed by atoms with Crippen molar-refractivity contribution in [1.29, 1.82) is 0 Å². The Bertz CT molecular complexity index is 1480. The van der Waals surface area contributed by atoms with E-state index in [1.54, 1.807) is 23.7 Å². The van der Waals surface area contributed by atoms with Crippen LogP contribution in [0.3, 0.4) is 0 Å². The second-order valence-electron chi connectivity index (χ2n) is 9.14. The van der Waals surface area contributed by atoms with Crippen molar-refractivity contribution in [3.05, 3.63) is 77.9 Å². The Morgan fingerprint density at radius 2 is 1.84 bits per heavy atom. The topological polar surface area (TPSA) is 78.7 Å². The Labute approximate surface area is 216 Å². The molecule has 1 aromatic carbocycles. The Kier molecular flexibility index (Phi) is 6.55. The van der Waals surface area contributed by atoms with Crippen molar-refractivity contribution in [3.63, 3.8) is 0 Å². The molecule has 1 saturated heterocycles. The molecule has 0 aliphatic carbocycles. The van der Waals surface area contributed by atoms with Crippen LogP contribution in [-0.4, -0.2) is 59.2 Å². The molecule has 0 saturated carbocycles. The van der Waals surface area contributed by atoms with Gasteiger partial charge in [-0.25, -0.2) is 13.4 Å². The number of fused-ring (bicyclic) bond motifs is 1. The molecule has 3 aromatic heterocycles. The molecule has 0 spiro atoms. The fraction of sp³-hybridized carbons (Fsp3) is 0.320. The normalized spacial score (nSPS) is 19.3. The number of anilines is 1. The lowest BCUT2D eigenvalue weighted by molar-refractivity contribution is -0.258. The summed E-state index contributed by atoms with van der Waals surface area (Å²) in [6, 6.07) is 14.3. The first-order chi connectivity index (χ1) is 17.5. The summed E-state index contributed by atoms with van der Waals surface area (Å²) in [5.74, 6) is 0. The van der Waals surface area contributed by atoms with Gasteiger partial charge < -0.3 is 14.6 Å². The lowest BCUT2D eigenvalue weighted by Gasteiger charge is -2.42. The van der Waals surface area contributed by atoms with Crippen molar-refractivity contribution in [3.8, 4) is 0 Å². The molecule has 12 heteroatoms. The third-order valence-corrected chi connectivity index (χ3v) is 10.0. The summed E-state index contributed by atoms with van der Waals surface area (Å²) in [5, 5.41) is 12.7. The molecule has 0 unspecified atom stereocenters. The van der Waals surface area contributed by atoms with Crippen molar-refractivity contribution in [1.82, 2.24) is 13.9 Å². The van der Waals surface area contributed by atoms with Gasteiger partial charge in [0, 0.05) is 49.6 Å². The number of alkyl halides is 3. The highest BCUT2D eigenvalue weighted by atomic mass is 32.2. The number of benzene rings is 1. The van der Waals surface area contributed by atoms with Gasteiger partial charge in [0.15, 0.2) is 5.60 Å². The minimum absolute atomic E-state index is 0.189. The van der Waals surface area contributed by atoms with E-state index in [2.05, 4.69) is 4.98 Å². The molecule has 0 amide bonds. The van der Waals surface area contributed by atoms with Gasteiger partial charge in [0.25, 0.3) is 10.0 Å². The second-order valence-corrected chi connectivity index (χ2v) is 12.3. The van der Waals surface area contributed by atoms with E-state index in [-0.39, 0.29) is 28.9 Å². The summed E-state index contributed by atoms with van der Waals surface area (Å²) >= 11 is 1.16. The summed E-state index contributed by atoms with van der Waals surface area (Å²) in [7, 11) is -3.68. The number of halogens is 3. The van der Waals surface area contributed by atoms with Crippen LogP contribution in [0.2, 0.25) is 0 Å². The second kappa shape index (κ2) is 9.43. The third-order valence-electron chi connectivity index (χ3n) is 6.78. The molecule has 4 aromatic rings. The van der Waals surface area contributed by atoms with Crippen LogP contribution in [0.4, 0.5) is 18.9 Å². The van der Waals surface area contributed by atoms with Crippen molar-refractivity contribution in [2.75, 3.05) is 24.5 Å². The number of rotatable bonds is 6. The smallest absolute Gasteiger partial charge is 0.376 e. The van der Waals surface area contributed by atoms with Crippen LogP contribution < -0.4 is 4.90 Å². The van der Waals surface area contributed by atoms with Gasteiger partial charge in [0.1, 0.15) is 9.86 Å². The van der Waals surface area contributed by atoms with Crippen LogP contribution in [0.5, 0.6) is 0 Å². The molecule has 4 heterocycles. The maximum atomic E-state index is 13.3. The summed E-state index contributed by atoms with van der Waals surface area (Å²) in [6.07, 6.45) is -1.23. The van der Waals surface area contributed by atoms with Crippen LogP contribution in [-0.2, 0) is 22.2 Å². The summed E-state index contributed by atoms with van der Waals surface area (Å²) < 4.78 is 70.2. The summed E-state index contributed by atoms with van der Waals surface area (Å²) in [5.41, 5.74) is -1.84. The predicted octanol–water partition coefficient (Wildman–Crippen LogP) is 4.45. The lowest BCUT2D eigenvalue weighted by atomic mass is 9.95. The SMILES string of the molecule is C[C@](O)(c1ccc(N2CCN(S(=O)(=O)c3cccs3)C[C@@H]2Cn2ccc3cccnc32)cc1)C(F)(F)F. The molecule has 1 aliphatic heterocycles. The Morgan fingerprint density at radius 1 is 1.08 bits per heavy atom. The first-order valence-corrected chi connectivity index (χ1v) is 13.9. The molecule has 2 atom stereocenters. The molecule has 5 rings (SSSR count). The van der Waals surface area contributed by atoms with E-state index in [0.717, 1.165) is 29.3 Å². The number of nitrogens with zero attached hydrogens (tertiary/aromatic N) is 4.